The molecule has 0 saturated heterocycles. The molecule has 0 atom stereocenters. The topological polar surface area (TPSA) is 67.9 Å². The Morgan fingerprint density at radius 1 is 0.696 bits per heavy atom. The van der Waals surface area contributed by atoms with Crippen LogP contribution < -0.4 is 0 Å². The molecule has 3 aromatic rings. The van der Waals surface area contributed by atoms with Crippen molar-refractivity contribution >= 4 is 17.1 Å². The predicted octanol–water partition coefficient (Wildman–Crippen LogP) is 5.68. The first-order chi connectivity index (χ1) is 11.2. The van der Waals surface area contributed by atoms with Crippen LogP contribution in [-0.4, -0.2) is 4.92 Å². The van der Waals surface area contributed by atoms with Crippen molar-refractivity contribution in [3.05, 3.63) is 89.0 Å². The monoisotopic (exact) mass is 303 g/mol. The van der Waals surface area contributed by atoms with Crippen molar-refractivity contribution in [1.29, 1.82) is 0 Å². The average molecular weight is 303 g/mol. The van der Waals surface area contributed by atoms with Gasteiger partial charge in [-0.05, 0) is 29.3 Å². The third-order valence-electron chi connectivity index (χ3n) is 3.33. The zero-order valence-corrected chi connectivity index (χ0v) is 12.2. The molecule has 112 valence electrons. The van der Waals surface area contributed by atoms with Crippen molar-refractivity contribution in [3.8, 4) is 11.1 Å². The lowest BCUT2D eigenvalue weighted by molar-refractivity contribution is -0.384. The summed E-state index contributed by atoms with van der Waals surface area (Å²) in [5, 5.41) is 19.0. The fraction of sp³-hybridized carbons (Fsp3) is 0. The predicted molar refractivity (Wildman–Crippen MR) is 89.2 cm³/mol. The van der Waals surface area contributed by atoms with Crippen molar-refractivity contribution in [2.24, 2.45) is 10.2 Å². The van der Waals surface area contributed by atoms with E-state index in [1.165, 1.54) is 6.07 Å². The maximum atomic E-state index is 10.9. The molecule has 3 aromatic carbocycles. The number of nitro benzene ring substituents is 1. The number of nitrogens with zero attached hydrogens (tertiary/aromatic N) is 3. The lowest BCUT2D eigenvalue weighted by atomic mass is 10.1. The summed E-state index contributed by atoms with van der Waals surface area (Å²) in [5.74, 6) is 0. The summed E-state index contributed by atoms with van der Waals surface area (Å²) < 4.78 is 0. The van der Waals surface area contributed by atoms with Gasteiger partial charge in [0.25, 0.3) is 5.69 Å². The van der Waals surface area contributed by atoms with Crippen LogP contribution in [0.5, 0.6) is 0 Å². The first-order valence-electron chi connectivity index (χ1n) is 7.05. The Labute approximate surface area is 133 Å². The largest absolute Gasteiger partial charge is 0.296 e. The molecule has 0 unspecified atom stereocenters. The van der Waals surface area contributed by atoms with Gasteiger partial charge in [-0.3, -0.25) is 10.1 Å². The molecule has 0 aliphatic carbocycles. The quantitative estimate of drug-likeness (QED) is 0.353. The summed E-state index contributed by atoms with van der Waals surface area (Å²) in [7, 11) is 0. The molecule has 0 aromatic heterocycles. The van der Waals surface area contributed by atoms with Gasteiger partial charge in [-0.25, -0.2) is 0 Å². The van der Waals surface area contributed by atoms with E-state index in [4.69, 9.17) is 0 Å². The number of hydrogen-bond acceptors (Lipinski definition) is 4. The van der Waals surface area contributed by atoms with E-state index in [2.05, 4.69) is 10.2 Å². The van der Waals surface area contributed by atoms with Crippen molar-refractivity contribution in [1.82, 2.24) is 0 Å². The second-order valence-electron chi connectivity index (χ2n) is 4.86. The molecule has 0 aliphatic rings. The highest BCUT2D eigenvalue weighted by atomic mass is 16.6. The van der Waals surface area contributed by atoms with E-state index in [1.807, 2.05) is 54.6 Å². The first-order valence-corrected chi connectivity index (χ1v) is 7.05. The zero-order chi connectivity index (χ0) is 16.1. The van der Waals surface area contributed by atoms with Crippen molar-refractivity contribution in [2.45, 2.75) is 0 Å². The van der Waals surface area contributed by atoms with Crippen LogP contribution in [0.1, 0.15) is 0 Å². The van der Waals surface area contributed by atoms with Gasteiger partial charge in [0, 0.05) is 6.07 Å². The van der Waals surface area contributed by atoms with Crippen LogP contribution >= 0.6 is 0 Å². The van der Waals surface area contributed by atoms with E-state index in [9.17, 15) is 10.1 Å². The molecule has 0 saturated carbocycles. The maximum Gasteiger partial charge on any atom is 0.296 e. The van der Waals surface area contributed by atoms with E-state index in [1.54, 1.807) is 18.2 Å². The van der Waals surface area contributed by atoms with Crippen LogP contribution in [0, 0.1) is 10.1 Å². The molecule has 0 bridgehead atoms. The lowest BCUT2D eigenvalue weighted by Crippen LogP contribution is -1.86. The lowest BCUT2D eigenvalue weighted by Gasteiger charge is -2.01. The van der Waals surface area contributed by atoms with Crippen LogP contribution in [0.2, 0.25) is 0 Å². The smallest absolute Gasteiger partial charge is 0.258 e. The van der Waals surface area contributed by atoms with Gasteiger partial charge in [0.15, 0.2) is 5.69 Å². The van der Waals surface area contributed by atoms with Gasteiger partial charge in [0.2, 0.25) is 0 Å². The van der Waals surface area contributed by atoms with E-state index >= 15 is 0 Å². The van der Waals surface area contributed by atoms with Crippen molar-refractivity contribution in [2.75, 3.05) is 0 Å². The molecule has 23 heavy (non-hydrogen) atoms. The third-order valence-corrected chi connectivity index (χ3v) is 3.33. The maximum absolute atomic E-state index is 10.9. The fourth-order valence-electron chi connectivity index (χ4n) is 2.17. The number of hydrogen-bond donors (Lipinski definition) is 0. The van der Waals surface area contributed by atoms with Gasteiger partial charge >= 0.3 is 0 Å². The second-order valence-corrected chi connectivity index (χ2v) is 4.86. The molecule has 5 heteroatoms. The van der Waals surface area contributed by atoms with E-state index in [0.29, 0.717) is 5.69 Å². The minimum atomic E-state index is -0.465. The summed E-state index contributed by atoms with van der Waals surface area (Å²) in [4.78, 5) is 10.5. The van der Waals surface area contributed by atoms with Crippen molar-refractivity contribution in [3.63, 3.8) is 0 Å². The molecule has 0 heterocycles. The fourth-order valence-corrected chi connectivity index (χ4v) is 2.17. The Morgan fingerprint density at radius 3 is 2.00 bits per heavy atom. The molecule has 5 nitrogen and oxygen atoms in total. The van der Waals surface area contributed by atoms with Crippen molar-refractivity contribution < 1.29 is 4.92 Å². The Bertz CT molecular complexity index is 844. The Balaban J connectivity index is 1.83. The molecule has 3 rings (SSSR count). The van der Waals surface area contributed by atoms with Gasteiger partial charge in [-0.2, -0.15) is 5.11 Å². The highest BCUT2D eigenvalue weighted by Crippen LogP contribution is 2.29. The molecule has 0 spiro atoms. The average Bonchev–Trinajstić information content (AvgIpc) is 2.61. The summed E-state index contributed by atoms with van der Waals surface area (Å²) in [5.41, 5.74) is 3.02. The van der Waals surface area contributed by atoms with Crippen LogP contribution in [0.15, 0.2) is 89.1 Å². The molecule has 0 fully saturated rings. The van der Waals surface area contributed by atoms with E-state index < -0.39 is 4.92 Å². The van der Waals surface area contributed by atoms with E-state index in [0.717, 1.165) is 11.1 Å². The standard InChI is InChI=1S/C18H13N3O2/c22-21(23)18-9-5-4-8-17(18)20-19-16-12-10-15(11-13-16)14-6-2-1-3-7-14/h1-13H/b20-19+. The van der Waals surface area contributed by atoms with Gasteiger partial charge in [-0.15, -0.1) is 5.11 Å². The Hall–Kier alpha value is -3.34. The van der Waals surface area contributed by atoms with Gasteiger partial charge in [0.05, 0.1) is 10.6 Å². The second kappa shape index (κ2) is 6.62. The molecular weight excluding hydrogens is 290 g/mol. The molecular formula is C18H13N3O2. The zero-order valence-electron chi connectivity index (χ0n) is 12.2. The van der Waals surface area contributed by atoms with Gasteiger partial charge in [-0.1, -0.05) is 54.6 Å². The number of nitro groups is 1. The summed E-state index contributed by atoms with van der Waals surface area (Å²) in [6, 6.07) is 23.8. The third kappa shape index (κ3) is 3.47. The van der Waals surface area contributed by atoms with Crippen LogP contribution in [0.4, 0.5) is 17.1 Å². The number of para-hydroxylation sites is 1. The summed E-state index contributed by atoms with van der Waals surface area (Å²) in [6.45, 7) is 0. The van der Waals surface area contributed by atoms with Crippen LogP contribution in [0.3, 0.4) is 0 Å². The SMILES string of the molecule is O=[N+]([O-])c1ccccc1/N=N/c1ccc(-c2ccccc2)cc1. The number of benzene rings is 3. The minimum absolute atomic E-state index is 0.0582. The number of rotatable bonds is 4. The Kier molecular flexibility index (Phi) is 4.20. The van der Waals surface area contributed by atoms with E-state index in [-0.39, 0.29) is 11.4 Å². The molecule has 0 radical (unpaired) electrons. The molecule has 0 aliphatic heterocycles. The minimum Gasteiger partial charge on any atom is -0.258 e. The highest BCUT2D eigenvalue weighted by Gasteiger charge is 2.11. The Morgan fingerprint density at radius 2 is 1.30 bits per heavy atom. The van der Waals surface area contributed by atoms with Crippen LogP contribution in [-0.2, 0) is 0 Å². The summed E-state index contributed by atoms with van der Waals surface area (Å²) >= 11 is 0. The normalized spacial score (nSPS) is 10.8. The van der Waals surface area contributed by atoms with Crippen LogP contribution in [0.25, 0.3) is 11.1 Å². The highest BCUT2D eigenvalue weighted by molar-refractivity contribution is 5.65. The molecule has 0 amide bonds. The number of azo groups is 1. The van der Waals surface area contributed by atoms with Gasteiger partial charge < -0.3 is 0 Å². The first kappa shape index (κ1) is 14.6. The van der Waals surface area contributed by atoms with Gasteiger partial charge in [0.1, 0.15) is 0 Å². The molecule has 0 N–H and O–H groups in total. The summed E-state index contributed by atoms with van der Waals surface area (Å²) in [6.07, 6.45) is 0.